The molecular formula is C13H20N2O2. The molecule has 0 spiro atoms. The Hall–Kier alpha value is -1.26. The van der Waals surface area contributed by atoms with Crippen LogP contribution in [0.1, 0.15) is 23.6 Å². The van der Waals surface area contributed by atoms with Gasteiger partial charge in [0.1, 0.15) is 5.75 Å². The topological polar surface area (TPSA) is 58.7 Å². The minimum absolute atomic E-state index is 0.148. The Bertz CT molecular complexity index is 405. The molecule has 94 valence electrons. The fourth-order valence-corrected chi connectivity index (χ4v) is 2.43. The second-order valence-corrected chi connectivity index (χ2v) is 4.69. The van der Waals surface area contributed by atoms with Crippen LogP contribution in [0, 0.1) is 0 Å². The van der Waals surface area contributed by atoms with Crippen molar-refractivity contribution in [3.8, 4) is 5.75 Å². The molecule has 0 aliphatic carbocycles. The Morgan fingerprint density at radius 1 is 1.47 bits per heavy atom. The number of anilines is 1. The van der Waals surface area contributed by atoms with Crippen LogP contribution in [0.25, 0.3) is 0 Å². The van der Waals surface area contributed by atoms with Gasteiger partial charge in [-0.15, -0.1) is 0 Å². The second kappa shape index (κ2) is 4.94. The van der Waals surface area contributed by atoms with Gasteiger partial charge >= 0.3 is 0 Å². The zero-order valence-corrected chi connectivity index (χ0v) is 10.4. The Labute approximate surface area is 102 Å². The highest BCUT2D eigenvalue weighted by molar-refractivity contribution is 5.55. The van der Waals surface area contributed by atoms with E-state index in [2.05, 4.69) is 4.90 Å². The van der Waals surface area contributed by atoms with Crippen molar-refractivity contribution in [3.63, 3.8) is 0 Å². The molecule has 1 heterocycles. The smallest absolute Gasteiger partial charge is 0.127 e. The molecule has 4 nitrogen and oxygen atoms in total. The van der Waals surface area contributed by atoms with E-state index < -0.39 is 0 Å². The maximum absolute atomic E-state index is 9.17. The number of aliphatic hydroxyl groups excluding tert-OH is 1. The van der Waals surface area contributed by atoms with Gasteiger partial charge in [0.15, 0.2) is 0 Å². The molecule has 1 aromatic carbocycles. The standard InChI is InChI=1S/C13H20N2O2/c1-15(2)12(3-5-16)11-8-10(14)7-9-4-6-17-13(9)11/h7-8,12,16H,3-6,14H2,1-2H3. The molecule has 0 bridgehead atoms. The van der Waals surface area contributed by atoms with Crippen LogP contribution in [0.2, 0.25) is 0 Å². The molecule has 1 aliphatic rings. The summed E-state index contributed by atoms with van der Waals surface area (Å²) in [5.41, 5.74) is 8.98. The third kappa shape index (κ3) is 2.37. The fraction of sp³-hybridized carbons (Fsp3) is 0.538. The molecule has 4 heteroatoms. The average Bonchev–Trinajstić information content (AvgIpc) is 2.72. The number of hydrogen-bond acceptors (Lipinski definition) is 4. The van der Waals surface area contributed by atoms with Crippen molar-refractivity contribution in [1.29, 1.82) is 0 Å². The van der Waals surface area contributed by atoms with Crippen molar-refractivity contribution < 1.29 is 9.84 Å². The first-order chi connectivity index (χ1) is 8.13. The van der Waals surface area contributed by atoms with Crippen molar-refractivity contribution in [2.45, 2.75) is 18.9 Å². The van der Waals surface area contributed by atoms with E-state index in [-0.39, 0.29) is 12.6 Å². The molecule has 0 radical (unpaired) electrons. The van der Waals surface area contributed by atoms with Gasteiger partial charge in [-0.3, -0.25) is 0 Å². The van der Waals surface area contributed by atoms with Gasteiger partial charge in [-0.2, -0.15) is 0 Å². The van der Waals surface area contributed by atoms with Crippen LogP contribution in [-0.2, 0) is 6.42 Å². The van der Waals surface area contributed by atoms with E-state index in [9.17, 15) is 0 Å². The number of hydrogen-bond donors (Lipinski definition) is 2. The molecule has 1 atom stereocenters. The van der Waals surface area contributed by atoms with E-state index >= 15 is 0 Å². The summed E-state index contributed by atoms with van der Waals surface area (Å²) < 4.78 is 5.70. The highest BCUT2D eigenvalue weighted by atomic mass is 16.5. The molecule has 1 aromatic rings. The zero-order chi connectivity index (χ0) is 12.4. The predicted molar refractivity (Wildman–Crippen MR) is 68.2 cm³/mol. The van der Waals surface area contributed by atoms with Gasteiger partial charge in [0, 0.05) is 30.3 Å². The number of rotatable bonds is 4. The van der Waals surface area contributed by atoms with E-state index in [1.807, 2.05) is 26.2 Å². The first-order valence-electron chi connectivity index (χ1n) is 5.96. The largest absolute Gasteiger partial charge is 0.493 e. The maximum atomic E-state index is 9.17. The number of nitrogens with zero attached hydrogens (tertiary/aromatic N) is 1. The maximum Gasteiger partial charge on any atom is 0.127 e. The van der Waals surface area contributed by atoms with Crippen molar-refractivity contribution in [1.82, 2.24) is 4.90 Å². The molecular weight excluding hydrogens is 216 g/mol. The van der Waals surface area contributed by atoms with Gasteiger partial charge in [-0.05, 0) is 38.2 Å². The number of nitrogens with two attached hydrogens (primary N) is 1. The summed E-state index contributed by atoms with van der Waals surface area (Å²) in [6.45, 7) is 0.886. The molecule has 2 rings (SSSR count). The molecule has 1 aliphatic heterocycles. The van der Waals surface area contributed by atoms with Gasteiger partial charge in [0.25, 0.3) is 0 Å². The molecule has 0 amide bonds. The SMILES string of the molecule is CN(C)C(CCO)c1cc(N)cc2c1OCC2. The summed E-state index contributed by atoms with van der Waals surface area (Å²) in [5.74, 6) is 0.964. The van der Waals surface area contributed by atoms with Crippen LogP contribution in [0.3, 0.4) is 0 Å². The fourth-order valence-electron chi connectivity index (χ4n) is 2.43. The van der Waals surface area contributed by atoms with Crippen molar-refractivity contribution >= 4 is 5.69 Å². The highest BCUT2D eigenvalue weighted by Crippen LogP contribution is 2.38. The highest BCUT2D eigenvalue weighted by Gasteiger charge is 2.24. The summed E-state index contributed by atoms with van der Waals surface area (Å²) in [5, 5.41) is 9.17. The van der Waals surface area contributed by atoms with Gasteiger partial charge in [0.2, 0.25) is 0 Å². The van der Waals surface area contributed by atoms with Crippen LogP contribution in [0.15, 0.2) is 12.1 Å². The Balaban J connectivity index is 2.42. The number of ether oxygens (including phenoxy) is 1. The third-order valence-electron chi connectivity index (χ3n) is 3.22. The summed E-state index contributed by atoms with van der Waals surface area (Å²) >= 11 is 0. The normalized spacial score (nSPS) is 15.8. The van der Waals surface area contributed by atoms with E-state index in [1.165, 1.54) is 5.56 Å². The molecule has 0 fully saturated rings. The minimum Gasteiger partial charge on any atom is -0.493 e. The Morgan fingerprint density at radius 3 is 2.88 bits per heavy atom. The van der Waals surface area contributed by atoms with E-state index in [4.69, 9.17) is 15.6 Å². The first kappa shape index (κ1) is 12.2. The van der Waals surface area contributed by atoms with Crippen molar-refractivity contribution in [2.24, 2.45) is 0 Å². The van der Waals surface area contributed by atoms with E-state index in [0.717, 1.165) is 30.0 Å². The Morgan fingerprint density at radius 2 is 2.24 bits per heavy atom. The van der Waals surface area contributed by atoms with E-state index in [1.54, 1.807) is 0 Å². The van der Waals surface area contributed by atoms with Crippen LogP contribution in [0.4, 0.5) is 5.69 Å². The number of nitrogen functional groups attached to an aromatic ring is 1. The summed E-state index contributed by atoms with van der Waals surface area (Å²) in [4.78, 5) is 2.09. The van der Waals surface area contributed by atoms with Crippen LogP contribution >= 0.6 is 0 Å². The average molecular weight is 236 g/mol. The second-order valence-electron chi connectivity index (χ2n) is 4.69. The molecule has 17 heavy (non-hydrogen) atoms. The Kier molecular flexibility index (Phi) is 3.54. The third-order valence-corrected chi connectivity index (χ3v) is 3.22. The van der Waals surface area contributed by atoms with Gasteiger partial charge in [-0.1, -0.05) is 0 Å². The number of fused-ring (bicyclic) bond motifs is 1. The van der Waals surface area contributed by atoms with Gasteiger partial charge < -0.3 is 20.5 Å². The molecule has 0 saturated carbocycles. The van der Waals surface area contributed by atoms with Gasteiger partial charge in [-0.25, -0.2) is 0 Å². The molecule has 0 aromatic heterocycles. The number of aliphatic hydroxyl groups is 1. The van der Waals surface area contributed by atoms with Gasteiger partial charge in [0.05, 0.1) is 6.61 Å². The lowest BCUT2D eigenvalue weighted by molar-refractivity contribution is 0.207. The number of benzene rings is 1. The lowest BCUT2D eigenvalue weighted by Crippen LogP contribution is -2.21. The predicted octanol–water partition coefficient (Wildman–Crippen LogP) is 1.19. The quantitative estimate of drug-likeness (QED) is 0.771. The van der Waals surface area contributed by atoms with E-state index in [0.29, 0.717) is 6.42 Å². The van der Waals surface area contributed by atoms with Crippen LogP contribution in [-0.4, -0.2) is 37.3 Å². The molecule has 0 saturated heterocycles. The van der Waals surface area contributed by atoms with Crippen molar-refractivity contribution in [3.05, 3.63) is 23.3 Å². The summed E-state index contributed by atoms with van der Waals surface area (Å²) in [6.07, 6.45) is 1.61. The lowest BCUT2D eigenvalue weighted by atomic mass is 9.98. The minimum atomic E-state index is 0.148. The summed E-state index contributed by atoms with van der Waals surface area (Å²) in [6, 6.07) is 4.09. The zero-order valence-electron chi connectivity index (χ0n) is 10.4. The molecule has 3 N–H and O–H groups in total. The lowest BCUT2D eigenvalue weighted by Gasteiger charge is -2.26. The molecule has 1 unspecified atom stereocenters. The van der Waals surface area contributed by atoms with Crippen LogP contribution in [0.5, 0.6) is 5.75 Å². The van der Waals surface area contributed by atoms with Crippen molar-refractivity contribution in [2.75, 3.05) is 33.0 Å². The summed E-state index contributed by atoms with van der Waals surface area (Å²) in [7, 11) is 4.01. The first-order valence-corrected chi connectivity index (χ1v) is 5.96. The van der Waals surface area contributed by atoms with Crippen LogP contribution < -0.4 is 10.5 Å². The monoisotopic (exact) mass is 236 g/mol.